The highest BCUT2D eigenvalue weighted by molar-refractivity contribution is 5.33. The molecule has 1 aliphatic rings. The van der Waals surface area contributed by atoms with Gasteiger partial charge in [-0.25, -0.2) is 4.79 Å². The van der Waals surface area contributed by atoms with Gasteiger partial charge in [-0.3, -0.25) is 9.13 Å². The van der Waals surface area contributed by atoms with Crippen LogP contribution >= 0.6 is 0 Å². The second-order valence-electron chi connectivity index (χ2n) is 6.36. The number of rotatable bonds is 5. The van der Waals surface area contributed by atoms with Gasteiger partial charge < -0.3 is 24.9 Å². The zero-order valence-electron chi connectivity index (χ0n) is 15.2. The van der Waals surface area contributed by atoms with E-state index in [2.05, 4.69) is 11.1 Å². The number of nitrogens with zero attached hydrogens (tertiary/aromatic N) is 3. The zero-order chi connectivity index (χ0) is 20.3. The number of hydrogen-bond donors (Lipinski definition) is 3. The van der Waals surface area contributed by atoms with E-state index in [0.717, 1.165) is 15.7 Å². The highest BCUT2D eigenvalue weighted by Gasteiger charge is 2.43. The highest BCUT2D eigenvalue weighted by atomic mass is 16.6. The molecule has 0 radical (unpaired) electrons. The molecule has 4 atom stereocenters. The van der Waals surface area contributed by atoms with Crippen molar-refractivity contribution in [2.45, 2.75) is 31.1 Å². The van der Waals surface area contributed by atoms with Gasteiger partial charge >= 0.3 is 5.69 Å². The van der Waals surface area contributed by atoms with E-state index in [1.807, 2.05) is 12.1 Å². The quantitative estimate of drug-likeness (QED) is 0.439. The van der Waals surface area contributed by atoms with Crippen LogP contribution in [0.5, 0.6) is 0 Å². The summed E-state index contributed by atoms with van der Waals surface area (Å²) in [6.07, 6.45) is 1.97. The smallest absolute Gasteiger partial charge is 0.331 e. The predicted molar refractivity (Wildman–Crippen MR) is 97.4 cm³/mol. The van der Waals surface area contributed by atoms with Crippen LogP contribution in [0.2, 0.25) is 0 Å². The summed E-state index contributed by atoms with van der Waals surface area (Å²) in [6.45, 7) is -0.276. The zero-order valence-corrected chi connectivity index (χ0v) is 15.2. The number of hydrogen-bond acceptors (Lipinski definition) is 7. The third-order valence-corrected chi connectivity index (χ3v) is 4.54. The lowest BCUT2D eigenvalue weighted by Crippen LogP contribution is -2.42. The van der Waals surface area contributed by atoms with Crippen LogP contribution in [-0.2, 0) is 23.2 Å². The van der Waals surface area contributed by atoms with Gasteiger partial charge in [0.25, 0.3) is 0 Å². The predicted octanol–water partition coefficient (Wildman–Crippen LogP) is -1.19. The fraction of sp³-hybridized carbons (Fsp3) is 0.368. The topological polar surface area (TPSA) is 118 Å². The Morgan fingerprint density at radius 3 is 2.57 bits per heavy atom. The minimum absolute atomic E-state index is 0.197. The summed E-state index contributed by atoms with van der Waals surface area (Å²) in [4.78, 5) is 17.9. The molecule has 1 aromatic carbocycles. The standard InChI is InChI=1S/C19H21N3O6/c1-3-12-4-6-13(7-5-12)11-27-20-15-8-9-22(19(26)21(15)2)18-17(25)16(24)14(10-23)28-18/h1,4-9,14,16-18,23-25H,10-11H2,2H3/t14-,16-,17-,18-/m1/s1. The van der Waals surface area contributed by atoms with Gasteiger partial charge in [0.1, 0.15) is 24.9 Å². The average molecular weight is 387 g/mol. The Labute approximate surface area is 160 Å². The molecule has 2 heterocycles. The van der Waals surface area contributed by atoms with Gasteiger partial charge in [0.2, 0.25) is 0 Å². The van der Waals surface area contributed by atoms with Crippen molar-refractivity contribution < 1.29 is 24.9 Å². The van der Waals surface area contributed by atoms with Crippen LogP contribution in [0.25, 0.3) is 0 Å². The molecule has 0 aliphatic carbocycles. The van der Waals surface area contributed by atoms with Crippen molar-refractivity contribution in [1.29, 1.82) is 0 Å². The first kappa shape index (κ1) is 19.9. The molecule has 0 bridgehead atoms. The van der Waals surface area contributed by atoms with Gasteiger partial charge in [-0.15, -0.1) is 6.42 Å². The van der Waals surface area contributed by atoms with E-state index in [-0.39, 0.29) is 12.1 Å². The van der Waals surface area contributed by atoms with Gasteiger partial charge in [-0.1, -0.05) is 23.2 Å². The minimum atomic E-state index is -1.35. The fourth-order valence-electron chi connectivity index (χ4n) is 2.86. The molecule has 148 valence electrons. The van der Waals surface area contributed by atoms with Crippen molar-refractivity contribution in [3.05, 3.63) is 63.6 Å². The summed E-state index contributed by atoms with van der Waals surface area (Å²) < 4.78 is 7.72. The van der Waals surface area contributed by atoms with E-state index in [1.54, 1.807) is 12.1 Å². The summed E-state index contributed by atoms with van der Waals surface area (Å²) >= 11 is 0. The van der Waals surface area contributed by atoms with Gasteiger partial charge in [0.15, 0.2) is 11.7 Å². The van der Waals surface area contributed by atoms with Gasteiger partial charge in [-0.05, 0) is 17.7 Å². The molecule has 2 aromatic rings. The number of benzene rings is 1. The number of terminal acetylenes is 1. The molecule has 9 nitrogen and oxygen atoms in total. The Morgan fingerprint density at radius 1 is 1.25 bits per heavy atom. The second kappa shape index (κ2) is 8.41. The molecule has 9 heteroatoms. The maximum absolute atomic E-state index is 12.6. The lowest BCUT2D eigenvalue weighted by molar-refractivity contribution is -0.0555. The van der Waals surface area contributed by atoms with E-state index < -0.39 is 36.8 Å². The Kier molecular flexibility index (Phi) is 5.96. The van der Waals surface area contributed by atoms with Crippen LogP contribution in [0, 0.1) is 12.3 Å². The van der Waals surface area contributed by atoms with Crippen LogP contribution in [-0.4, -0.2) is 49.4 Å². The SMILES string of the molecule is C#Cc1ccc(CON=c2ccn([C@@H]3O[C@H](CO)[C@@H](O)[C@H]3O)c(=O)n2C)cc1. The Balaban J connectivity index is 1.77. The Hall–Kier alpha value is -2.90. The van der Waals surface area contributed by atoms with Crippen molar-refractivity contribution in [3.8, 4) is 12.3 Å². The third kappa shape index (κ3) is 3.85. The van der Waals surface area contributed by atoms with E-state index in [9.17, 15) is 20.1 Å². The van der Waals surface area contributed by atoms with Gasteiger partial charge in [0.05, 0.1) is 6.61 Å². The molecule has 28 heavy (non-hydrogen) atoms. The summed E-state index contributed by atoms with van der Waals surface area (Å²) in [5.41, 5.74) is 1.36. The monoisotopic (exact) mass is 387 g/mol. The van der Waals surface area contributed by atoms with Crippen molar-refractivity contribution >= 4 is 0 Å². The first-order valence-corrected chi connectivity index (χ1v) is 8.58. The van der Waals surface area contributed by atoms with Crippen molar-refractivity contribution in [2.75, 3.05) is 6.61 Å². The molecule has 0 amide bonds. The third-order valence-electron chi connectivity index (χ3n) is 4.54. The highest BCUT2D eigenvalue weighted by Crippen LogP contribution is 2.27. The number of aliphatic hydroxyl groups is 3. The largest absolute Gasteiger partial charge is 0.394 e. The molecule has 0 spiro atoms. The van der Waals surface area contributed by atoms with Crippen LogP contribution in [0.1, 0.15) is 17.4 Å². The molecule has 0 unspecified atom stereocenters. The summed E-state index contributed by atoms with van der Waals surface area (Å²) in [7, 11) is 1.49. The molecule has 3 rings (SSSR count). The maximum atomic E-state index is 12.6. The summed E-state index contributed by atoms with van der Waals surface area (Å²) in [5.74, 6) is 2.53. The molecule has 1 aromatic heterocycles. The number of aromatic nitrogens is 2. The van der Waals surface area contributed by atoms with E-state index in [1.165, 1.54) is 23.9 Å². The number of aliphatic hydroxyl groups excluding tert-OH is 3. The van der Waals surface area contributed by atoms with E-state index in [0.29, 0.717) is 0 Å². The van der Waals surface area contributed by atoms with Gasteiger partial charge in [0, 0.05) is 24.9 Å². The second-order valence-corrected chi connectivity index (χ2v) is 6.36. The normalized spacial score (nSPS) is 24.9. The van der Waals surface area contributed by atoms with Crippen LogP contribution in [0.3, 0.4) is 0 Å². The number of ether oxygens (including phenoxy) is 1. The molecule has 1 saturated heterocycles. The first-order valence-electron chi connectivity index (χ1n) is 8.58. The first-order chi connectivity index (χ1) is 13.5. The van der Waals surface area contributed by atoms with Crippen LogP contribution < -0.4 is 11.2 Å². The minimum Gasteiger partial charge on any atom is -0.394 e. The molecular formula is C19H21N3O6. The lowest BCUT2D eigenvalue weighted by atomic mass is 10.1. The average Bonchev–Trinajstić information content (AvgIpc) is 3.00. The summed E-state index contributed by atoms with van der Waals surface area (Å²) in [6, 6.07) is 8.74. The van der Waals surface area contributed by atoms with Crippen molar-refractivity contribution in [1.82, 2.24) is 9.13 Å². The van der Waals surface area contributed by atoms with Crippen molar-refractivity contribution in [3.63, 3.8) is 0 Å². The Bertz CT molecular complexity index is 988. The lowest BCUT2D eigenvalue weighted by Gasteiger charge is -2.18. The summed E-state index contributed by atoms with van der Waals surface area (Å²) in [5, 5.41) is 33.1. The maximum Gasteiger partial charge on any atom is 0.331 e. The van der Waals surface area contributed by atoms with Gasteiger partial charge in [-0.2, -0.15) is 0 Å². The Morgan fingerprint density at radius 2 is 1.96 bits per heavy atom. The van der Waals surface area contributed by atoms with Crippen LogP contribution in [0.4, 0.5) is 0 Å². The van der Waals surface area contributed by atoms with E-state index in [4.69, 9.17) is 16.0 Å². The van der Waals surface area contributed by atoms with E-state index >= 15 is 0 Å². The van der Waals surface area contributed by atoms with Crippen molar-refractivity contribution in [2.24, 2.45) is 12.2 Å². The fourth-order valence-corrected chi connectivity index (χ4v) is 2.86. The molecule has 1 aliphatic heterocycles. The molecule has 1 fully saturated rings. The van der Waals surface area contributed by atoms with Crippen LogP contribution in [0.15, 0.2) is 46.5 Å². The molecular weight excluding hydrogens is 366 g/mol. The molecule has 0 saturated carbocycles. The molecule has 3 N–H and O–H groups in total.